The summed E-state index contributed by atoms with van der Waals surface area (Å²) in [6.45, 7) is 3.01. The third-order valence-electron chi connectivity index (χ3n) is 3.22. The second kappa shape index (κ2) is 4.13. The number of hydrogen-bond donors (Lipinski definition) is 2. The number of sulfone groups is 1. The molecule has 0 spiro atoms. The maximum Gasteiger partial charge on any atom is 0.175 e. The molecule has 0 aromatic heterocycles. The Morgan fingerprint density at radius 3 is 2.56 bits per heavy atom. The highest BCUT2D eigenvalue weighted by Gasteiger charge is 2.32. The fourth-order valence-electron chi connectivity index (χ4n) is 2.20. The number of anilines is 2. The Morgan fingerprint density at radius 2 is 2.11 bits per heavy atom. The molecule has 1 aromatic carbocycles. The molecule has 0 bridgehead atoms. The molecule has 0 radical (unpaired) electrons. The van der Waals surface area contributed by atoms with Gasteiger partial charge in [-0.2, -0.15) is 0 Å². The van der Waals surface area contributed by atoms with Crippen molar-refractivity contribution in [1.82, 2.24) is 0 Å². The molecule has 1 atom stereocenters. The van der Waals surface area contributed by atoms with Gasteiger partial charge in [-0.05, 0) is 31.5 Å². The Morgan fingerprint density at radius 1 is 1.44 bits per heavy atom. The monoisotopic (exact) mass is 270 g/mol. The Kier molecular flexibility index (Phi) is 3.03. The average Bonchev–Trinajstić information content (AvgIpc) is 2.57. The van der Waals surface area contributed by atoms with E-state index in [4.69, 9.17) is 5.73 Å². The van der Waals surface area contributed by atoms with Crippen molar-refractivity contribution in [2.75, 3.05) is 30.0 Å². The number of hydrogen-bond acceptors (Lipinski definition) is 5. The number of rotatable bonds is 2. The van der Waals surface area contributed by atoms with E-state index in [0.29, 0.717) is 18.7 Å². The average molecular weight is 270 g/mol. The van der Waals surface area contributed by atoms with Gasteiger partial charge in [0, 0.05) is 19.3 Å². The normalized spacial score (nSPS) is 24.5. The molecule has 0 amide bonds. The van der Waals surface area contributed by atoms with Gasteiger partial charge in [0.25, 0.3) is 0 Å². The molecule has 1 aromatic rings. The quantitative estimate of drug-likeness (QED) is 0.770. The number of β-amino-alcohol motifs (C(OH)–C–C–N with tert-alkyl or cyclic N) is 1. The van der Waals surface area contributed by atoms with Gasteiger partial charge in [-0.1, -0.05) is 0 Å². The fraction of sp³-hybridized carbons (Fsp3) is 0.500. The first-order chi connectivity index (χ1) is 8.19. The van der Waals surface area contributed by atoms with E-state index in [-0.39, 0.29) is 4.90 Å². The van der Waals surface area contributed by atoms with Gasteiger partial charge in [0.1, 0.15) is 0 Å². The van der Waals surface area contributed by atoms with Gasteiger partial charge < -0.3 is 15.7 Å². The van der Waals surface area contributed by atoms with Crippen LogP contribution in [0.2, 0.25) is 0 Å². The summed E-state index contributed by atoms with van der Waals surface area (Å²) in [6.07, 6.45) is 1.84. The molecule has 6 heteroatoms. The van der Waals surface area contributed by atoms with Crippen LogP contribution in [0, 0.1) is 0 Å². The molecule has 3 N–H and O–H groups in total. The van der Waals surface area contributed by atoms with E-state index in [2.05, 4.69) is 0 Å². The highest BCUT2D eigenvalue weighted by atomic mass is 32.2. The van der Waals surface area contributed by atoms with Crippen LogP contribution < -0.4 is 10.6 Å². The predicted octanol–water partition coefficient (Wildman–Crippen LogP) is 0.633. The highest BCUT2D eigenvalue weighted by molar-refractivity contribution is 7.90. The maximum absolute atomic E-state index is 11.4. The van der Waals surface area contributed by atoms with Gasteiger partial charge in [0.05, 0.1) is 21.9 Å². The summed E-state index contributed by atoms with van der Waals surface area (Å²) in [7, 11) is -3.24. The van der Waals surface area contributed by atoms with Gasteiger partial charge in [-0.15, -0.1) is 0 Å². The van der Waals surface area contributed by atoms with Crippen LogP contribution in [0.15, 0.2) is 23.1 Å². The van der Waals surface area contributed by atoms with Crippen LogP contribution in [0.3, 0.4) is 0 Å². The molecule has 1 aliphatic rings. The van der Waals surface area contributed by atoms with E-state index in [1.165, 1.54) is 6.07 Å². The smallest absolute Gasteiger partial charge is 0.175 e. The summed E-state index contributed by atoms with van der Waals surface area (Å²) < 4.78 is 22.8. The predicted molar refractivity (Wildman–Crippen MR) is 71.4 cm³/mol. The molecule has 1 aliphatic heterocycles. The van der Waals surface area contributed by atoms with E-state index < -0.39 is 15.4 Å². The Bertz CT molecular complexity index is 567. The van der Waals surface area contributed by atoms with Crippen LogP contribution in [0.1, 0.15) is 13.3 Å². The molecule has 18 heavy (non-hydrogen) atoms. The van der Waals surface area contributed by atoms with Crippen molar-refractivity contribution in [2.24, 2.45) is 0 Å². The number of nitrogens with two attached hydrogens (primary N) is 1. The van der Waals surface area contributed by atoms with Crippen molar-refractivity contribution in [3.8, 4) is 0 Å². The molecule has 100 valence electrons. The van der Waals surface area contributed by atoms with Crippen molar-refractivity contribution in [2.45, 2.75) is 23.8 Å². The minimum atomic E-state index is -3.24. The zero-order valence-electron chi connectivity index (χ0n) is 10.5. The van der Waals surface area contributed by atoms with E-state index in [1.54, 1.807) is 19.1 Å². The lowest BCUT2D eigenvalue weighted by Crippen LogP contribution is -2.29. The molecule has 5 nitrogen and oxygen atoms in total. The van der Waals surface area contributed by atoms with Crippen LogP contribution in [0.4, 0.5) is 11.4 Å². The van der Waals surface area contributed by atoms with E-state index in [1.807, 2.05) is 4.90 Å². The van der Waals surface area contributed by atoms with Crippen molar-refractivity contribution in [1.29, 1.82) is 0 Å². The summed E-state index contributed by atoms with van der Waals surface area (Å²) in [4.78, 5) is 2.19. The summed E-state index contributed by atoms with van der Waals surface area (Å²) >= 11 is 0. The lowest BCUT2D eigenvalue weighted by molar-refractivity contribution is 0.0839. The Hall–Kier alpha value is -1.27. The largest absolute Gasteiger partial charge is 0.397 e. The Labute approximate surface area is 107 Å². The number of aliphatic hydroxyl groups is 1. The molecule has 0 saturated carbocycles. The minimum Gasteiger partial charge on any atom is -0.397 e. The van der Waals surface area contributed by atoms with E-state index in [9.17, 15) is 13.5 Å². The third kappa shape index (κ3) is 2.59. The lowest BCUT2D eigenvalue weighted by Gasteiger charge is -2.22. The summed E-state index contributed by atoms with van der Waals surface area (Å²) in [5.74, 6) is 0. The Balaban J connectivity index is 2.32. The van der Waals surface area contributed by atoms with Crippen molar-refractivity contribution in [3.63, 3.8) is 0 Å². The summed E-state index contributed by atoms with van der Waals surface area (Å²) in [6, 6.07) is 4.72. The van der Waals surface area contributed by atoms with Crippen LogP contribution in [-0.2, 0) is 9.84 Å². The number of nitrogen functional groups attached to an aromatic ring is 1. The number of benzene rings is 1. The van der Waals surface area contributed by atoms with E-state index in [0.717, 1.165) is 18.5 Å². The lowest BCUT2D eigenvalue weighted by atomic mass is 10.1. The molecule has 2 rings (SSSR count). The van der Waals surface area contributed by atoms with Crippen molar-refractivity contribution >= 4 is 21.2 Å². The van der Waals surface area contributed by atoms with E-state index >= 15 is 0 Å². The van der Waals surface area contributed by atoms with Crippen LogP contribution in [0.25, 0.3) is 0 Å². The van der Waals surface area contributed by atoms with Gasteiger partial charge in [0.2, 0.25) is 0 Å². The molecular formula is C12H18N2O3S. The van der Waals surface area contributed by atoms with Gasteiger partial charge in [0.15, 0.2) is 9.84 Å². The topological polar surface area (TPSA) is 83.6 Å². The SMILES string of the molecule is CC1(O)CCN(c2ccc(S(C)(=O)=O)cc2N)C1. The zero-order valence-corrected chi connectivity index (χ0v) is 11.4. The maximum atomic E-state index is 11.4. The second-order valence-electron chi connectivity index (χ2n) is 5.16. The van der Waals surface area contributed by atoms with Crippen molar-refractivity contribution < 1.29 is 13.5 Å². The zero-order chi connectivity index (χ0) is 13.6. The molecule has 0 aliphatic carbocycles. The number of nitrogens with zero attached hydrogens (tertiary/aromatic N) is 1. The third-order valence-corrected chi connectivity index (χ3v) is 4.33. The molecule has 1 saturated heterocycles. The fourth-order valence-corrected chi connectivity index (χ4v) is 2.86. The first kappa shape index (κ1) is 13.2. The molecule has 1 unspecified atom stereocenters. The molecule has 1 heterocycles. The second-order valence-corrected chi connectivity index (χ2v) is 7.18. The highest BCUT2D eigenvalue weighted by Crippen LogP contribution is 2.31. The van der Waals surface area contributed by atoms with Gasteiger partial charge in [-0.3, -0.25) is 0 Å². The van der Waals surface area contributed by atoms with Crippen molar-refractivity contribution in [3.05, 3.63) is 18.2 Å². The summed E-state index contributed by atoms with van der Waals surface area (Å²) in [5, 5.41) is 9.92. The summed E-state index contributed by atoms with van der Waals surface area (Å²) in [5.41, 5.74) is 6.40. The molecular weight excluding hydrogens is 252 g/mol. The van der Waals surface area contributed by atoms with Gasteiger partial charge in [-0.25, -0.2) is 8.42 Å². The standard InChI is InChI=1S/C12H18N2O3S/c1-12(15)5-6-14(8-12)11-4-3-9(7-10(11)13)18(2,16)17/h3-4,7,15H,5-6,8,13H2,1-2H3. The minimum absolute atomic E-state index is 0.217. The first-order valence-corrected chi connectivity index (χ1v) is 7.65. The van der Waals surface area contributed by atoms with Crippen LogP contribution >= 0.6 is 0 Å². The van der Waals surface area contributed by atoms with Crippen LogP contribution in [-0.4, -0.2) is 38.5 Å². The first-order valence-electron chi connectivity index (χ1n) is 5.76. The van der Waals surface area contributed by atoms with Gasteiger partial charge >= 0.3 is 0 Å². The van der Waals surface area contributed by atoms with Crippen LogP contribution in [0.5, 0.6) is 0 Å². The molecule has 1 fully saturated rings.